The van der Waals surface area contributed by atoms with Gasteiger partial charge in [-0.1, -0.05) is 6.07 Å². The first-order valence-electron chi connectivity index (χ1n) is 4.89. The van der Waals surface area contributed by atoms with Gasteiger partial charge in [-0.15, -0.1) is 12.6 Å². The summed E-state index contributed by atoms with van der Waals surface area (Å²) in [6.45, 7) is 1.84. The Morgan fingerprint density at radius 3 is 2.81 bits per heavy atom. The molecule has 1 rings (SSSR count). The fraction of sp³-hybridized carbons (Fsp3) is 0.364. The first-order chi connectivity index (χ1) is 7.49. The van der Waals surface area contributed by atoms with Crippen molar-refractivity contribution in [1.29, 1.82) is 0 Å². The van der Waals surface area contributed by atoms with E-state index in [2.05, 4.69) is 17.9 Å². The molecule has 3 nitrogen and oxygen atoms in total. The minimum Gasteiger partial charge on any atom is -0.349 e. The Bertz CT molecular complexity index is 407. The molecule has 0 radical (unpaired) electrons. The third kappa shape index (κ3) is 4.37. The van der Waals surface area contributed by atoms with Crippen LogP contribution in [0.15, 0.2) is 29.2 Å². The second-order valence-corrected chi connectivity index (χ2v) is 5.66. The number of rotatable bonds is 4. The molecule has 0 aliphatic heterocycles. The van der Waals surface area contributed by atoms with Crippen LogP contribution in [0.4, 0.5) is 0 Å². The highest BCUT2D eigenvalue weighted by Gasteiger charge is 2.10. The van der Waals surface area contributed by atoms with E-state index >= 15 is 0 Å². The van der Waals surface area contributed by atoms with E-state index in [0.717, 1.165) is 4.90 Å². The maximum Gasteiger partial charge on any atom is 0.251 e. The lowest BCUT2D eigenvalue weighted by Crippen LogP contribution is -2.36. The standard InChI is InChI=1S/C11H15NO2S2/c1-8(7-16(2)14)12-11(13)9-4-3-5-10(15)6-9/h3-6,8,15H,7H2,1-2H3,(H,12,13). The Morgan fingerprint density at radius 2 is 2.25 bits per heavy atom. The summed E-state index contributed by atoms with van der Waals surface area (Å²) in [5, 5.41) is 2.79. The van der Waals surface area contributed by atoms with Crippen LogP contribution in [-0.4, -0.2) is 28.2 Å². The van der Waals surface area contributed by atoms with Crippen LogP contribution < -0.4 is 5.32 Å². The van der Waals surface area contributed by atoms with E-state index in [4.69, 9.17) is 0 Å². The molecule has 0 spiro atoms. The molecule has 0 aromatic heterocycles. The summed E-state index contributed by atoms with van der Waals surface area (Å²) >= 11 is 4.17. The first kappa shape index (κ1) is 13.3. The van der Waals surface area contributed by atoms with E-state index in [1.54, 1.807) is 24.5 Å². The summed E-state index contributed by atoms with van der Waals surface area (Å²) < 4.78 is 11.0. The summed E-state index contributed by atoms with van der Waals surface area (Å²) in [6, 6.07) is 6.92. The van der Waals surface area contributed by atoms with Crippen LogP contribution in [-0.2, 0) is 10.8 Å². The third-order valence-corrected chi connectivity index (χ3v) is 3.22. The normalized spacial score (nSPS) is 14.2. The van der Waals surface area contributed by atoms with Gasteiger partial charge in [0, 0.05) is 39.3 Å². The Balaban J connectivity index is 2.62. The second-order valence-electron chi connectivity index (χ2n) is 3.66. The van der Waals surface area contributed by atoms with Gasteiger partial charge in [0.05, 0.1) is 0 Å². The summed E-state index contributed by atoms with van der Waals surface area (Å²) in [5.41, 5.74) is 0.571. The summed E-state index contributed by atoms with van der Waals surface area (Å²) in [5.74, 6) is 0.306. The molecule has 2 atom stereocenters. The predicted molar refractivity (Wildman–Crippen MR) is 69.6 cm³/mol. The monoisotopic (exact) mass is 257 g/mol. The summed E-state index contributed by atoms with van der Waals surface area (Å²) in [6.07, 6.45) is 1.62. The largest absolute Gasteiger partial charge is 0.349 e. The molecule has 1 aromatic rings. The molecule has 0 bridgehead atoms. The van der Waals surface area contributed by atoms with Crippen LogP contribution in [0.2, 0.25) is 0 Å². The highest BCUT2D eigenvalue weighted by Crippen LogP contribution is 2.08. The van der Waals surface area contributed by atoms with Gasteiger partial charge in [-0.3, -0.25) is 9.00 Å². The molecular formula is C11H15NO2S2. The highest BCUT2D eigenvalue weighted by molar-refractivity contribution is 7.84. The summed E-state index contributed by atoms with van der Waals surface area (Å²) in [4.78, 5) is 12.5. The van der Waals surface area contributed by atoms with Gasteiger partial charge in [0.2, 0.25) is 0 Å². The Kier molecular flexibility index (Phi) is 5.02. The van der Waals surface area contributed by atoms with Crippen LogP contribution in [0.3, 0.4) is 0 Å². The van der Waals surface area contributed by atoms with Crippen LogP contribution in [0.1, 0.15) is 17.3 Å². The number of carbonyl (C=O) groups is 1. The molecule has 0 aliphatic rings. The lowest BCUT2D eigenvalue weighted by Gasteiger charge is -2.12. The van der Waals surface area contributed by atoms with Gasteiger partial charge in [-0.2, -0.15) is 0 Å². The number of benzene rings is 1. The molecule has 1 aromatic carbocycles. The number of hydrogen-bond acceptors (Lipinski definition) is 3. The van der Waals surface area contributed by atoms with Crippen molar-refractivity contribution in [3.05, 3.63) is 29.8 Å². The quantitative estimate of drug-likeness (QED) is 0.802. The minimum atomic E-state index is -0.903. The fourth-order valence-corrected chi connectivity index (χ4v) is 2.36. The van der Waals surface area contributed by atoms with E-state index in [1.807, 2.05) is 13.0 Å². The van der Waals surface area contributed by atoms with E-state index in [9.17, 15) is 9.00 Å². The van der Waals surface area contributed by atoms with Crippen LogP contribution in [0.5, 0.6) is 0 Å². The number of nitrogens with one attached hydrogen (secondary N) is 1. The molecule has 1 amide bonds. The molecule has 0 saturated heterocycles. The van der Waals surface area contributed by atoms with Crippen molar-refractivity contribution >= 4 is 29.3 Å². The van der Waals surface area contributed by atoms with E-state index in [0.29, 0.717) is 11.3 Å². The van der Waals surface area contributed by atoms with E-state index in [-0.39, 0.29) is 11.9 Å². The van der Waals surface area contributed by atoms with Gasteiger partial charge in [0.15, 0.2) is 0 Å². The average molecular weight is 257 g/mol. The zero-order chi connectivity index (χ0) is 12.1. The molecule has 0 aliphatic carbocycles. The molecule has 5 heteroatoms. The molecule has 0 saturated carbocycles. The molecule has 88 valence electrons. The van der Waals surface area contributed by atoms with Gasteiger partial charge in [0.1, 0.15) is 0 Å². The van der Waals surface area contributed by atoms with Gasteiger partial charge in [-0.25, -0.2) is 0 Å². The van der Waals surface area contributed by atoms with E-state index in [1.165, 1.54) is 0 Å². The molecule has 0 heterocycles. The van der Waals surface area contributed by atoms with Crippen molar-refractivity contribution in [3.8, 4) is 0 Å². The zero-order valence-electron chi connectivity index (χ0n) is 9.27. The zero-order valence-corrected chi connectivity index (χ0v) is 11.0. The lowest BCUT2D eigenvalue weighted by molar-refractivity contribution is 0.0943. The molecule has 1 N–H and O–H groups in total. The topological polar surface area (TPSA) is 46.2 Å². The fourth-order valence-electron chi connectivity index (χ4n) is 1.35. The van der Waals surface area contributed by atoms with Crippen molar-refractivity contribution in [1.82, 2.24) is 5.32 Å². The Labute approximate surface area is 103 Å². The minimum absolute atomic E-state index is 0.0955. The number of thiol groups is 1. The molecular weight excluding hydrogens is 242 g/mol. The average Bonchev–Trinajstić information content (AvgIpc) is 2.16. The maximum absolute atomic E-state index is 11.7. The Hall–Kier alpha value is -0.810. The molecule has 0 fully saturated rings. The van der Waals surface area contributed by atoms with Crippen molar-refractivity contribution in [3.63, 3.8) is 0 Å². The maximum atomic E-state index is 11.7. The van der Waals surface area contributed by atoms with Gasteiger partial charge >= 0.3 is 0 Å². The van der Waals surface area contributed by atoms with Crippen molar-refractivity contribution in [2.24, 2.45) is 0 Å². The lowest BCUT2D eigenvalue weighted by atomic mass is 10.2. The van der Waals surface area contributed by atoms with Gasteiger partial charge in [-0.05, 0) is 25.1 Å². The molecule has 16 heavy (non-hydrogen) atoms. The van der Waals surface area contributed by atoms with Crippen molar-refractivity contribution in [2.45, 2.75) is 17.9 Å². The van der Waals surface area contributed by atoms with Crippen LogP contribution in [0.25, 0.3) is 0 Å². The van der Waals surface area contributed by atoms with Crippen LogP contribution in [0, 0.1) is 0 Å². The number of carbonyl (C=O) groups excluding carboxylic acids is 1. The Morgan fingerprint density at radius 1 is 1.56 bits per heavy atom. The summed E-state index contributed by atoms with van der Waals surface area (Å²) in [7, 11) is -0.903. The van der Waals surface area contributed by atoms with Gasteiger partial charge in [0.25, 0.3) is 5.91 Å². The number of hydrogen-bond donors (Lipinski definition) is 2. The first-order valence-corrected chi connectivity index (χ1v) is 7.06. The second kappa shape index (κ2) is 6.06. The predicted octanol–water partition coefficient (Wildman–Crippen LogP) is 1.47. The highest BCUT2D eigenvalue weighted by atomic mass is 32.2. The smallest absolute Gasteiger partial charge is 0.251 e. The molecule has 2 unspecified atom stereocenters. The third-order valence-electron chi connectivity index (χ3n) is 1.97. The van der Waals surface area contributed by atoms with Crippen LogP contribution >= 0.6 is 12.6 Å². The number of amides is 1. The SMILES string of the molecule is CC(CS(C)=O)NC(=O)c1cccc(S)c1. The van der Waals surface area contributed by atoms with Crippen molar-refractivity contribution < 1.29 is 9.00 Å². The van der Waals surface area contributed by atoms with E-state index < -0.39 is 10.8 Å². The van der Waals surface area contributed by atoms with Crippen molar-refractivity contribution in [2.75, 3.05) is 12.0 Å². The van der Waals surface area contributed by atoms with Gasteiger partial charge < -0.3 is 5.32 Å².